The van der Waals surface area contributed by atoms with Crippen LogP contribution in [0.5, 0.6) is 0 Å². The molecule has 2 unspecified atom stereocenters. The van der Waals surface area contributed by atoms with Crippen molar-refractivity contribution in [3.63, 3.8) is 0 Å². The normalized spacial score (nSPS) is 13.3. The van der Waals surface area contributed by atoms with Crippen molar-refractivity contribution >= 4 is 58.6 Å². The summed E-state index contributed by atoms with van der Waals surface area (Å²) in [6, 6.07) is 4.20. The highest BCUT2D eigenvalue weighted by molar-refractivity contribution is 14.0. The van der Waals surface area contributed by atoms with Crippen LogP contribution in [-0.4, -0.2) is 36.6 Å². The molecular weight excluding hydrogens is 519 g/mol. The number of aromatic nitrogens is 1. The van der Waals surface area contributed by atoms with Crippen molar-refractivity contribution in [1.82, 2.24) is 15.6 Å². The van der Waals surface area contributed by atoms with Gasteiger partial charge in [0, 0.05) is 18.0 Å². The standard InChI is InChI=1S/C20H30N4O2S2.HI/c1-6-21-20(22-12-13(3)11-16-9-8-10-27-16)24-15(5)18-23-14(4)17(28-18)19(25)26-7-2;/h8-10,13,15H,6-7,11-12H2,1-5H3,(H2,21,22,24);1H. The van der Waals surface area contributed by atoms with Gasteiger partial charge in [-0.1, -0.05) is 13.0 Å². The number of rotatable bonds is 9. The van der Waals surface area contributed by atoms with Crippen LogP contribution in [0, 0.1) is 12.8 Å². The van der Waals surface area contributed by atoms with Crippen molar-refractivity contribution < 1.29 is 9.53 Å². The van der Waals surface area contributed by atoms with E-state index in [-0.39, 0.29) is 36.0 Å². The van der Waals surface area contributed by atoms with Gasteiger partial charge in [-0.2, -0.15) is 0 Å². The molecule has 29 heavy (non-hydrogen) atoms. The quantitative estimate of drug-likeness (QED) is 0.203. The summed E-state index contributed by atoms with van der Waals surface area (Å²) in [7, 11) is 0. The predicted molar refractivity (Wildman–Crippen MR) is 133 cm³/mol. The summed E-state index contributed by atoms with van der Waals surface area (Å²) in [6.07, 6.45) is 1.03. The summed E-state index contributed by atoms with van der Waals surface area (Å²) in [5.41, 5.74) is 0.707. The molecule has 0 aromatic carbocycles. The fourth-order valence-corrected chi connectivity index (χ4v) is 4.49. The number of esters is 1. The first-order valence-electron chi connectivity index (χ1n) is 9.66. The largest absolute Gasteiger partial charge is 0.462 e. The molecule has 9 heteroatoms. The topological polar surface area (TPSA) is 75.6 Å². The van der Waals surface area contributed by atoms with Crippen molar-refractivity contribution in [3.8, 4) is 0 Å². The van der Waals surface area contributed by atoms with Crippen LogP contribution in [0.1, 0.15) is 59.0 Å². The van der Waals surface area contributed by atoms with Crippen LogP contribution in [0.2, 0.25) is 0 Å². The molecule has 2 aromatic rings. The highest BCUT2D eigenvalue weighted by atomic mass is 127. The van der Waals surface area contributed by atoms with Crippen molar-refractivity contribution in [1.29, 1.82) is 0 Å². The van der Waals surface area contributed by atoms with Crippen molar-refractivity contribution in [2.24, 2.45) is 10.9 Å². The second kappa shape index (κ2) is 13.2. The second-order valence-corrected chi connectivity index (χ2v) is 8.72. The number of carbonyl (C=O) groups excluding carboxylic acids is 1. The zero-order valence-electron chi connectivity index (χ0n) is 17.7. The Morgan fingerprint density at radius 2 is 2.10 bits per heavy atom. The van der Waals surface area contributed by atoms with Crippen LogP contribution in [-0.2, 0) is 11.2 Å². The molecule has 0 bridgehead atoms. The average molecular weight is 551 g/mol. The number of nitrogens with one attached hydrogen (secondary N) is 2. The van der Waals surface area contributed by atoms with Gasteiger partial charge in [0.05, 0.1) is 18.3 Å². The third kappa shape index (κ3) is 8.21. The molecule has 0 amide bonds. The summed E-state index contributed by atoms with van der Waals surface area (Å²) in [6.45, 7) is 11.8. The third-order valence-electron chi connectivity index (χ3n) is 4.03. The molecule has 0 saturated heterocycles. The number of halogens is 1. The third-order valence-corrected chi connectivity index (χ3v) is 6.25. The van der Waals surface area contributed by atoms with Gasteiger partial charge < -0.3 is 15.4 Å². The fourth-order valence-electron chi connectivity index (χ4n) is 2.66. The Bertz CT molecular complexity index is 778. The summed E-state index contributed by atoms with van der Waals surface area (Å²) in [5.74, 6) is 0.916. The van der Waals surface area contributed by atoms with Gasteiger partial charge in [0.1, 0.15) is 9.88 Å². The molecule has 2 aromatic heterocycles. The van der Waals surface area contributed by atoms with E-state index in [4.69, 9.17) is 9.73 Å². The van der Waals surface area contributed by atoms with E-state index in [0.29, 0.717) is 23.1 Å². The Kier molecular flexibility index (Phi) is 11.7. The number of thiophene rings is 1. The lowest BCUT2D eigenvalue weighted by atomic mass is 10.1. The van der Waals surface area contributed by atoms with E-state index in [2.05, 4.69) is 40.1 Å². The molecule has 0 spiro atoms. The number of hydrogen-bond donors (Lipinski definition) is 2. The first-order valence-corrected chi connectivity index (χ1v) is 11.4. The molecule has 0 fully saturated rings. The zero-order chi connectivity index (χ0) is 20.5. The van der Waals surface area contributed by atoms with Crippen LogP contribution in [0.25, 0.3) is 0 Å². The molecule has 2 N–H and O–H groups in total. The first-order chi connectivity index (χ1) is 13.4. The number of aryl methyl sites for hydroxylation is 1. The molecule has 162 valence electrons. The number of thiazole rings is 1. The molecule has 0 aliphatic rings. The number of hydrogen-bond acceptors (Lipinski definition) is 6. The summed E-state index contributed by atoms with van der Waals surface area (Å²) in [4.78, 5) is 23.3. The highest BCUT2D eigenvalue weighted by Gasteiger charge is 2.20. The minimum absolute atomic E-state index is 0. The lowest BCUT2D eigenvalue weighted by Gasteiger charge is -2.17. The van der Waals surface area contributed by atoms with E-state index < -0.39 is 0 Å². The number of carbonyl (C=O) groups is 1. The second-order valence-electron chi connectivity index (χ2n) is 6.66. The number of aliphatic imine (C=N–C) groups is 1. The van der Waals surface area contributed by atoms with E-state index in [9.17, 15) is 4.79 Å². The molecule has 2 heterocycles. The molecule has 0 saturated carbocycles. The van der Waals surface area contributed by atoms with Gasteiger partial charge in [-0.15, -0.1) is 46.7 Å². The Hall–Kier alpha value is -1.20. The molecule has 0 aliphatic heterocycles. The monoisotopic (exact) mass is 550 g/mol. The van der Waals surface area contributed by atoms with E-state index in [1.807, 2.05) is 20.8 Å². The zero-order valence-corrected chi connectivity index (χ0v) is 21.6. The fraction of sp³-hybridized carbons (Fsp3) is 0.550. The summed E-state index contributed by atoms with van der Waals surface area (Å²) < 4.78 is 5.11. The van der Waals surface area contributed by atoms with Crippen molar-refractivity contribution in [2.75, 3.05) is 19.7 Å². The molecule has 0 aliphatic carbocycles. The summed E-state index contributed by atoms with van der Waals surface area (Å²) in [5, 5.41) is 9.64. The Labute approximate surface area is 198 Å². The first kappa shape index (κ1) is 25.8. The van der Waals surface area contributed by atoms with Gasteiger partial charge in [-0.25, -0.2) is 9.78 Å². The smallest absolute Gasteiger partial charge is 0.350 e. The van der Waals surface area contributed by atoms with Crippen molar-refractivity contribution in [3.05, 3.63) is 38.0 Å². The Morgan fingerprint density at radius 1 is 1.34 bits per heavy atom. The van der Waals surface area contributed by atoms with E-state index in [0.717, 1.165) is 30.5 Å². The van der Waals surface area contributed by atoms with E-state index >= 15 is 0 Å². The molecule has 2 atom stereocenters. The maximum Gasteiger partial charge on any atom is 0.350 e. The van der Waals surface area contributed by atoms with Crippen LogP contribution < -0.4 is 10.6 Å². The minimum atomic E-state index is -0.307. The average Bonchev–Trinajstić information content (AvgIpc) is 3.29. The molecule has 6 nitrogen and oxygen atoms in total. The Balaban J connectivity index is 0.00000420. The van der Waals surface area contributed by atoms with E-state index in [1.54, 1.807) is 18.3 Å². The number of ether oxygens (including phenoxy) is 1. The Morgan fingerprint density at radius 3 is 2.72 bits per heavy atom. The SMILES string of the molecule is CCNC(=NCC(C)Cc1cccs1)NC(C)c1nc(C)c(C(=O)OCC)s1.I. The lowest BCUT2D eigenvalue weighted by molar-refractivity contribution is 0.0531. The maximum absolute atomic E-state index is 12.0. The lowest BCUT2D eigenvalue weighted by Crippen LogP contribution is -2.39. The van der Waals surface area contributed by atoms with Gasteiger partial charge in [-0.05, 0) is 51.5 Å². The van der Waals surface area contributed by atoms with E-state index in [1.165, 1.54) is 16.2 Å². The van der Waals surface area contributed by atoms with Crippen LogP contribution in [0.4, 0.5) is 0 Å². The van der Waals surface area contributed by atoms with Gasteiger partial charge in [0.25, 0.3) is 0 Å². The molecule has 2 rings (SSSR count). The number of nitrogens with zero attached hydrogens (tertiary/aromatic N) is 2. The van der Waals surface area contributed by atoms with Gasteiger partial charge in [0.15, 0.2) is 5.96 Å². The van der Waals surface area contributed by atoms with Crippen LogP contribution in [0.3, 0.4) is 0 Å². The predicted octanol–water partition coefficient (Wildman–Crippen LogP) is 4.80. The van der Waals surface area contributed by atoms with Crippen LogP contribution >= 0.6 is 46.7 Å². The highest BCUT2D eigenvalue weighted by Crippen LogP contribution is 2.24. The van der Waals surface area contributed by atoms with Gasteiger partial charge in [-0.3, -0.25) is 4.99 Å². The maximum atomic E-state index is 12.0. The number of guanidine groups is 1. The van der Waals surface area contributed by atoms with Crippen molar-refractivity contribution in [2.45, 2.75) is 47.1 Å². The minimum Gasteiger partial charge on any atom is -0.462 e. The van der Waals surface area contributed by atoms with Crippen LogP contribution in [0.15, 0.2) is 22.5 Å². The summed E-state index contributed by atoms with van der Waals surface area (Å²) >= 11 is 3.16. The molecule has 0 radical (unpaired) electrons. The van der Waals surface area contributed by atoms with Gasteiger partial charge in [0.2, 0.25) is 0 Å². The molecular formula is C20H31IN4O2S2. The van der Waals surface area contributed by atoms with Gasteiger partial charge >= 0.3 is 5.97 Å².